The number of benzene rings is 2. The normalized spacial score (nSPS) is 11.4. The summed E-state index contributed by atoms with van der Waals surface area (Å²) in [6.07, 6.45) is 0.962. The fourth-order valence-electron chi connectivity index (χ4n) is 2.58. The summed E-state index contributed by atoms with van der Waals surface area (Å²) in [6.45, 7) is 4.95. The summed E-state index contributed by atoms with van der Waals surface area (Å²) in [6, 6.07) is 12.3. The largest absolute Gasteiger partial charge is 0.494 e. The van der Waals surface area contributed by atoms with E-state index in [0.29, 0.717) is 30.2 Å². The van der Waals surface area contributed by atoms with Gasteiger partial charge < -0.3 is 14.8 Å². The molecule has 0 spiro atoms. The van der Waals surface area contributed by atoms with Crippen LogP contribution in [-0.4, -0.2) is 57.4 Å². The molecule has 0 unspecified atom stereocenters. The molecule has 2 aromatic rings. The van der Waals surface area contributed by atoms with Gasteiger partial charge in [-0.05, 0) is 55.3 Å². The van der Waals surface area contributed by atoms with E-state index in [9.17, 15) is 13.2 Å². The van der Waals surface area contributed by atoms with Gasteiger partial charge in [0.2, 0.25) is 15.9 Å². The number of thioether (sulfide) groups is 1. The van der Waals surface area contributed by atoms with Gasteiger partial charge in [-0.25, -0.2) is 12.7 Å². The van der Waals surface area contributed by atoms with Crippen molar-refractivity contribution >= 4 is 33.4 Å². The fraction of sp³-hybridized carbons (Fsp3) is 0.409. The monoisotopic (exact) mass is 466 g/mol. The van der Waals surface area contributed by atoms with Crippen LogP contribution in [0.4, 0.5) is 5.69 Å². The van der Waals surface area contributed by atoms with Crippen molar-refractivity contribution in [3.05, 3.63) is 48.0 Å². The predicted molar refractivity (Wildman–Crippen MR) is 126 cm³/mol. The molecule has 0 saturated carbocycles. The van der Waals surface area contributed by atoms with Gasteiger partial charge in [0.1, 0.15) is 11.5 Å². The van der Waals surface area contributed by atoms with Gasteiger partial charge in [-0.1, -0.05) is 13.0 Å². The van der Waals surface area contributed by atoms with Crippen molar-refractivity contribution in [1.82, 2.24) is 4.31 Å². The first-order chi connectivity index (χ1) is 14.7. The van der Waals surface area contributed by atoms with Gasteiger partial charge in [0.15, 0.2) is 0 Å². The molecule has 0 atom stereocenters. The summed E-state index contributed by atoms with van der Waals surface area (Å²) in [4.78, 5) is 12.4. The molecule has 1 N–H and O–H groups in total. The summed E-state index contributed by atoms with van der Waals surface area (Å²) in [5.41, 5.74) is 1.08. The fourth-order valence-corrected chi connectivity index (χ4v) is 4.33. The maximum Gasteiger partial charge on any atom is 0.242 e. The number of nitrogens with zero attached hydrogens (tertiary/aromatic N) is 1. The molecule has 0 aliphatic heterocycles. The Kier molecular flexibility index (Phi) is 9.67. The summed E-state index contributed by atoms with van der Waals surface area (Å²) in [5, 5.41) is 2.75. The van der Waals surface area contributed by atoms with Crippen LogP contribution in [0, 0.1) is 6.92 Å². The minimum absolute atomic E-state index is 0.183. The zero-order chi connectivity index (χ0) is 22.9. The number of nitrogens with one attached hydrogen (secondary N) is 1. The minimum atomic E-state index is -3.57. The second-order valence-corrected chi connectivity index (χ2v) is 10.3. The Bertz CT molecular complexity index is 960. The van der Waals surface area contributed by atoms with Crippen molar-refractivity contribution in [2.45, 2.75) is 25.2 Å². The summed E-state index contributed by atoms with van der Waals surface area (Å²) in [7, 11) is -0.613. The third-order valence-electron chi connectivity index (χ3n) is 4.26. The molecular formula is C22H30N2O5S2. The van der Waals surface area contributed by atoms with Crippen LogP contribution < -0.4 is 14.8 Å². The summed E-state index contributed by atoms with van der Waals surface area (Å²) in [5.74, 6) is 2.27. The van der Waals surface area contributed by atoms with Crippen molar-refractivity contribution in [2.24, 2.45) is 0 Å². The Balaban J connectivity index is 1.76. The highest BCUT2D eigenvalue weighted by Crippen LogP contribution is 2.23. The van der Waals surface area contributed by atoms with Crippen LogP contribution in [0.25, 0.3) is 0 Å². The van der Waals surface area contributed by atoms with Crippen molar-refractivity contribution in [3.8, 4) is 11.5 Å². The maximum absolute atomic E-state index is 12.4. The smallest absolute Gasteiger partial charge is 0.242 e. The lowest BCUT2D eigenvalue weighted by Crippen LogP contribution is -2.23. The number of carbonyl (C=O) groups is 1. The molecule has 9 heteroatoms. The molecule has 0 aliphatic rings. The molecule has 0 aromatic heterocycles. The number of hydrogen-bond acceptors (Lipinski definition) is 6. The highest BCUT2D eigenvalue weighted by molar-refractivity contribution is 7.99. The lowest BCUT2D eigenvalue weighted by atomic mass is 10.2. The van der Waals surface area contributed by atoms with E-state index >= 15 is 0 Å². The van der Waals surface area contributed by atoms with Crippen molar-refractivity contribution in [1.29, 1.82) is 0 Å². The quantitative estimate of drug-likeness (QED) is 0.479. The SMILES string of the molecule is CCCOc1ccc(OCCSCC(=O)Nc2ccc(C)c(S(=O)(=O)N(C)C)c2)cc1. The third-order valence-corrected chi connectivity index (χ3v) is 7.14. The molecule has 0 saturated heterocycles. The Morgan fingerprint density at radius 2 is 1.65 bits per heavy atom. The van der Waals surface area contributed by atoms with Crippen LogP contribution >= 0.6 is 11.8 Å². The molecule has 2 aromatic carbocycles. The zero-order valence-corrected chi connectivity index (χ0v) is 20.0. The van der Waals surface area contributed by atoms with Crippen LogP contribution in [0.5, 0.6) is 11.5 Å². The van der Waals surface area contributed by atoms with Crippen molar-refractivity contribution in [2.75, 3.05) is 44.1 Å². The number of anilines is 1. The molecule has 0 aliphatic carbocycles. The molecule has 31 heavy (non-hydrogen) atoms. The van der Waals surface area contributed by atoms with Gasteiger partial charge in [0.05, 0.1) is 23.9 Å². The number of aryl methyl sites for hydroxylation is 1. The maximum atomic E-state index is 12.4. The van der Waals surface area contributed by atoms with Gasteiger partial charge in [-0.2, -0.15) is 0 Å². The first kappa shape index (κ1) is 25.0. The van der Waals surface area contributed by atoms with E-state index in [2.05, 4.69) is 12.2 Å². The van der Waals surface area contributed by atoms with Crippen LogP contribution in [0.15, 0.2) is 47.4 Å². The molecule has 2 rings (SSSR count). The van der Waals surface area contributed by atoms with Crippen LogP contribution in [-0.2, 0) is 14.8 Å². The summed E-state index contributed by atoms with van der Waals surface area (Å²) < 4.78 is 37.2. The van der Waals surface area contributed by atoms with E-state index in [1.54, 1.807) is 19.1 Å². The average Bonchev–Trinajstić information content (AvgIpc) is 2.74. The van der Waals surface area contributed by atoms with Gasteiger partial charge >= 0.3 is 0 Å². The molecule has 1 amide bonds. The van der Waals surface area contributed by atoms with E-state index in [0.717, 1.165) is 22.2 Å². The molecule has 170 valence electrons. The standard InChI is InChI=1S/C22H30N2O5S2/c1-5-12-28-19-8-10-20(11-9-19)29-13-14-30-16-22(25)23-18-7-6-17(2)21(15-18)31(26,27)24(3)4/h6-11,15H,5,12-14,16H2,1-4H3,(H,23,25). The lowest BCUT2D eigenvalue weighted by Gasteiger charge is -2.15. The molecule has 0 heterocycles. The number of hydrogen-bond donors (Lipinski definition) is 1. The van der Waals surface area contributed by atoms with E-state index < -0.39 is 10.0 Å². The van der Waals surface area contributed by atoms with E-state index in [1.807, 2.05) is 24.3 Å². The highest BCUT2D eigenvalue weighted by Gasteiger charge is 2.20. The predicted octanol–water partition coefficient (Wildman–Crippen LogP) is 3.78. The molecule has 0 fully saturated rings. The third kappa shape index (κ3) is 7.75. The number of carbonyl (C=O) groups excluding carboxylic acids is 1. The van der Waals surface area contributed by atoms with E-state index in [-0.39, 0.29) is 16.6 Å². The Labute approximate surface area is 189 Å². The van der Waals surface area contributed by atoms with Crippen LogP contribution in [0.2, 0.25) is 0 Å². The van der Waals surface area contributed by atoms with Crippen molar-refractivity contribution in [3.63, 3.8) is 0 Å². The number of amides is 1. The number of ether oxygens (including phenoxy) is 2. The second kappa shape index (κ2) is 12.0. The average molecular weight is 467 g/mol. The lowest BCUT2D eigenvalue weighted by molar-refractivity contribution is -0.113. The van der Waals surface area contributed by atoms with Crippen LogP contribution in [0.1, 0.15) is 18.9 Å². The van der Waals surface area contributed by atoms with Gasteiger partial charge in [0.25, 0.3) is 0 Å². The topological polar surface area (TPSA) is 84.9 Å². The molecule has 7 nitrogen and oxygen atoms in total. The van der Waals surface area contributed by atoms with E-state index in [1.165, 1.54) is 31.9 Å². The highest BCUT2D eigenvalue weighted by atomic mass is 32.2. The Morgan fingerprint density at radius 3 is 2.23 bits per heavy atom. The zero-order valence-electron chi connectivity index (χ0n) is 18.4. The van der Waals surface area contributed by atoms with Gasteiger partial charge in [-0.15, -0.1) is 11.8 Å². The Hall–Kier alpha value is -2.23. The minimum Gasteiger partial charge on any atom is -0.494 e. The molecule has 0 bridgehead atoms. The second-order valence-electron chi connectivity index (χ2n) is 7.04. The first-order valence-corrected chi connectivity index (χ1v) is 12.6. The summed E-state index contributed by atoms with van der Waals surface area (Å²) >= 11 is 1.44. The number of sulfonamides is 1. The van der Waals surface area contributed by atoms with E-state index in [4.69, 9.17) is 9.47 Å². The van der Waals surface area contributed by atoms with Gasteiger partial charge in [-0.3, -0.25) is 4.79 Å². The van der Waals surface area contributed by atoms with Crippen molar-refractivity contribution < 1.29 is 22.7 Å². The molecular weight excluding hydrogens is 436 g/mol. The first-order valence-electron chi connectivity index (χ1n) is 10.0. The van der Waals surface area contributed by atoms with Crippen LogP contribution in [0.3, 0.4) is 0 Å². The van der Waals surface area contributed by atoms with Gasteiger partial charge in [0, 0.05) is 25.5 Å². The Morgan fingerprint density at radius 1 is 1.03 bits per heavy atom. The number of rotatable bonds is 12. The molecule has 0 radical (unpaired) electrons.